The van der Waals surface area contributed by atoms with Crippen LogP contribution in [0.4, 0.5) is 5.69 Å². The van der Waals surface area contributed by atoms with Gasteiger partial charge in [0.2, 0.25) is 5.17 Å². The predicted molar refractivity (Wildman–Crippen MR) is 64.4 cm³/mol. The van der Waals surface area contributed by atoms with Gasteiger partial charge < -0.3 is 4.72 Å². The van der Waals surface area contributed by atoms with Crippen LogP contribution in [0.5, 0.6) is 0 Å². The van der Waals surface area contributed by atoms with Crippen LogP contribution in [-0.2, 0) is 9.71 Å². The largest absolute Gasteiger partial charge is 0.302 e. The normalized spacial score (nSPS) is 18.1. The second kappa shape index (κ2) is 3.84. The second-order valence-electron chi connectivity index (χ2n) is 2.85. The van der Waals surface area contributed by atoms with Gasteiger partial charge in [0.05, 0.1) is 20.3 Å². The van der Waals surface area contributed by atoms with Crippen molar-refractivity contribution in [3.63, 3.8) is 0 Å². The summed E-state index contributed by atoms with van der Waals surface area (Å²) in [6.07, 6.45) is 3.33. The van der Waals surface area contributed by atoms with Crippen molar-refractivity contribution in [2.24, 2.45) is 10.1 Å². The molecule has 1 unspecified atom stereocenters. The van der Waals surface area contributed by atoms with E-state index in [2.05, 4.69) is 14.7 Å². The van der Waals surface area contributed by atoms with Crippen molar-refractivity contribution < 1.29 is 4.21 Å². The minimum absolute atomic E-state index is 0.300. The molecule has 0 radical (unpaired) electrons. The summed E-state index contributed by atoms with van der Waals surface area (Å²) in [4.78, 5) is 9.06. The van der Waals surface area contributed by atoms with E-state index >= 15 is 0 Å². The van der Waals surface area contributed by atoms with E-state index in [9.17, 15) is 4.21 Å². The third-order valence-corrected chi connectivity index (χ3v) is 4.34. The Bertz CT molecular complexity index is 531. The van der Waals surface area contributed by atoms with Gasteiger partial charge in [0.25, 0.3) is 0 Å². The summed E-state index contributed by atoms with van der Waals surface area (Å²) < 4.78 is 14.7. The number of fused-ring (bicyclic) bond motifs is 1. The van der Waals surface area contributed by atoms with Crippen LogP contribution in [0.3, 0.4) is 0 Å². The molecule has 5 nitrogen and oxygen atoms in total. The van der Waals surface area contributed by atoms with Crippen LogP contribution in [0.15, 0.2) is 28.3 Å². The Labute approximate surface area is 92.5 Å². The van der Waals surface area contributed by atoms with Crippen LogP contribution in [0.25, 0.3) is 0 Å². The minimum Gasteiger partial charge on any atom is -0.302 e. The molecule has 1 atom stereocenters. The van der Waals surface area contributed by atoms with Crippen LogP contribution in [0, 0.1) is 0 Å². The molecule has 7 heteroatoms. The SMILES string of the molecule is CC=S(N)(=O)C1=Nc2ccncc2SN1. The number of aromatic nitrogens is 1. The van der Waals surface area contributed by atoms with Gasteiger partial charge in [-0.05, 0) is 30.3 Å². The van der Waals surface area contributed by atoms with Gasteiger partial charge in [-0.2, -0.15) is 0 Å². The van der Waals surface area contributed by atoms with Crippen LogP contribution in [0.1, 0.15) is 6.92 Å². The Balaban J connectivity index is 2.51. The van der Waals surface area contributed by atoms with Crippen molar-refractivity contribution in [3.8, 4) is 0 Å². The third-order valence-electron chi connectivity index (χ3n) is 1.89. The Morgan fingerprint density at radius 3 is 3.20 bits per heavy atom. The molecule has 0 aliphatic carbocycles. The highest BCUT2D eigenvalue weighted by atomic mass is 32.2. The van der Waals surface area contributed by atoms with Crippen LogP contribution in [0.2, 0.25) is 0 Å². The molecule has 1 aliphatic heterocycles. The van der Waals surface area contributed by atoms with Crippen molar-refractivity contribution in [1.29, 1.82) is 0 Å². The first-order valence-electron chi connectivity index (χ1n) is 4.20. The Morgan fingerprint density at radius 1 is 1.67 bits per heavy atom. The van der Waals surface area contributed by atoms with E-state index in [1.807, 2.05) is 0 Å². The van der Waals surface area contributed by atoms with Crippen LogP contribution >= 0.6 is 11.9 Å². The average Bonchev–Trinajstić information content (AvgIpc) is 2.28. The van der Waals surface area contributed by atoms with Gasteiger partial charge in [-0.1, -0.05) is 0 Å². The fourth-order valence-electron chi connectivity index (χ4n) is 1.02. The zero-order valence-corrected chi connectivity index (χ0v) is 9.64. The Hall–Kier alpha value is -1.05. The molecule has 0 spiro atoms. The maximum absolute atomic E-state index is 11.8. The lowest BCUT2D eigenvalue weighted by molar-refractivity contribution is 0.688. The third kappa shape index (κ3) is 1.99. The summed E-state index contributed by atoms with van der Waals surface area (Å²) in [6, 6.07) is 1.76. The first kappa shape index (κ1) is 10.5. The molecular weight excluding hydrogens is 232 g/mol. The van der Waals surface area contributed by atoms with Crippen molar-refractivity contribution in [1.82, 2.24) is 9.71 Å². The van der Waals surface area contributed by atoms with Gasteiger partial charge in [0.1, 0.15) is 0 Å². The standard InChI is InChI=1S/C8H10N4OS2/c1-2-15(9,13)8-11-6-3-4-10-5-7(6)14-12-8/h2-5H,1H3,(H2,9,13)(H,11,12). The lowest BCUT2D eigenvalue weighted by Crippen LogP contribution is -2.34. The molecular formula is C8H10N4OS2. The van der Waals surface area contributed by atoms with E-state index in [1.165, 1.54) is 17.3 Å². The molecule has 0 saturated heterocycles. The molecule has 1 aromatic rings. The van der Waals surface area contributed by atoms with Crippen molar-refractivity contribution in [3.05, 3.63) is 18.5 Å². The molecule has 1 aromatic heterocycles. The maximum Gasteiger partial charge on any atom is 0.208 e. The zero-order chi connectivity index (χ0) is 10.9. The van der Waals surface area contributed by atoms with Gasteiger partial charge >= 0.3 is 0 Å². The highest BCUT2D eigenvalue weighted by molar-refractivity contribution is 8.14. The molecule has 3 N–H and O–H groups in total. The second-order valence-corrected chi connectivity index (χ2v) is 5.85. The molecule has 2 heterocycles. The molecule has 2 rings (SSSR count). The molecule has 1 aliphatic rings. The van der Waals surface area contributed by atoms with E-state index in [0.717, 1.165) is 10.6 Å². The highest BCUT2D eigenvalue weighted by Gasteiger charge is 2.17. The molecule has 0 fully saturated rings. The van der Waals surface area contributed by atoms with E-state index < -0.39 is 9.71 Å². The van der Waals surface area contributed by atoms with Crippen molar-refractivity contribution >= 4 is 37.9 Å². The fourth-order valence-corrected chi connectivity index (χ4v) is 2.71. The van der Waals surface area contributed by atoms with E-state index in [1.54, 1.807) is 25.4 Å². The number of nitrogens with two attached hydrogens (primary N) is 1. The van der Waals surface area contributed by atoms with Gasteiger partial charge in [-0.25, -0.2) is 9.20 Å². The first-order chi connectivity index (χ1) is 7.13. The minimum atomic E-state index is -2.64. The van der Waals surface area contributed by atoms with Gasteiger partial charge in [0, 0.05) is 12.4 Å². The lowest BCUT2D eigenvalue weighted by atomic mass is 10.4. The highest BCUT2D eigenvalue weighted by Crippen LogP contribution is 2.30. The van der Waals surface area contributed by atoms with E-state index in [-0.39, 0.29) is 0 Å². The molecule has 0 bridgehead atoms. The number of aliphatic imine (C=N–C) groups is 1. The number of nitrogens with one attached hydrogen (secondary N) is 1. The summed E-state index contributed by atoms with van der Waals surface area (Å²) in [6.45, 7) is 1.65. The number of rotatable bonds is 0. The lowest BCUT2D eigenvalue weighted by Gasteiger charge is -2.16. The average molecular weight is 242 g/mol. The molecule has 0 amide bonds. The summed E-state index contributed by atoms with van der Waals surface area (Å²) in [5.74, 6) is 0. The monoisotopic (exact) mass is 242 g/mol. The number of pyridine rings is 1. The number of nitrogens with zero attached hydrogens (tertiary/aromatic N) is 2. The summed E-state index contributed by atoms with van der Waals surface area (Å²) in [5.41, 5.74) is 0.740. The topological polar surface area (TPSA) is 80.4 Å². The van der Waals surface area contributed by atoms with E-state index in [0.29, 0.717) is 5.17 Å². The van der Waals surface area contributed by atoms with Gasteiger partial charge in [-0.15, -0.1) is 0 Å². The zero-order valence-electron chi connectivity index (χ0n) is 8.01. The molecule has 80 valence electrons. The quantitative estimate of drug-likeness (QED) is 0.517. The van der Waals surface area contributed by atoms with E-state index in [4.69, 9.17) is 5.14 Å². The Morgan fingerprint density at radius 2 is 2.47 bits per heavy atom. The number of hydrogen-bond donors (Lipinski definition) is 2. The molecule has 0 aromatic carbocycles. The fraction of sp³-hybridized carbons (Fsp3) is 0.125. The molecule has 15 heavy (non-hydrogen) atoms. The molecule has 0 saturated carbocycles. The van der Waals surface area contributed by atoms with Crippen molar-refractivity contribution in [2.45, 2.75) is 11.8 Å². The van der Waals surface area contributed by atoms with Gasteiger partial charge in [0.15, 0.2) is 0 Å². The smallest absolute Gasteiger partial charge is 0.208 e. The predicted octanol–water partition coefficient (Wildman–Crippen LogP) is 0.660. The van der Waals surface area contributed by atoms with Crippen LogP contribution < -0.4 is 9.86 Å². The van der Waals surface area contributed by atoms with Gasteiger partial charge in [-0.3, -0.25) is 10.1 Å². The number of amidine groups is 1. The van der Waals surface area contributed by atoms with Crippen molar-refractivity contribution in [2.75, 3.05) is 0 Å². The van der Waals surface area contributed by atoms with Crippen LogP contribution in [-0.4, -0.2) is 19.7 Å². The maximum atomic E-state index is 11.8. The number of hydrogen-bond acceptors (Lipinski definition) is 5. The Kier molecular flexibility index (Phi) is 2.68. The first-order valence-corrected chi connectivity index (χ1v) is 6.70. The summed E-state index contributed by atoms with van der Waals surface area (Å²) in [5, 5.41) is 7.35. The summed E-state index contributed by atoms with van der Waals surface area (Å²) in [7, 11) is -2.64. The summed E-state index contributed by atoms with van der Waals surface area (Å²) >= 11 is 1.32.